The second-order valence-corrected chi connectivity index (χ2v) is 7.69. The number of benzene rings is 2. The SMILES string of the molecule is CCCNC(=O)c1csc(CN(Cc2ccc(F)cc2)Cc2ccccc2F)n1. The van der Waals surface area contributed by atoms with Crippen LogP contribution in [-0.2, 0) is 19.6 Å². The van der Waals surface area contributed by atoms with E-state index in [2.05, 4.69) is 10.3 Å². The van der Waals surface area contributed by atoms with Gasteiger partial charge in [-0.2, -0.15) is 0 Å². The minimum atomic E-state index is -0.294. The number of nitrogens with zero attached hydrogens (tertiary/aromatic N) is 2. The molecule has 0 saturated carbocycles. The average molecular weight is 416 g/mol. The van der Waals surface area contributed by atoms with Crippen molar-refractivity contribution in [2.45, 2.75) is 33.0 Å². The third-order valence-electron chi connectivity index (χ3n) is 4.35. The molecule has 0 unspecified atom stereocenters. The van der Waals surface area contributed by atoms with E-state index in [-0.39, 0.29) is 17.5 Å². The van der Waals surface area contributed by atoms with E-state index in [4.69, 9.17) is 0 Å². The molecule has 1 aromatic heterocycles. The molecule has 3 aromatic rings. The molecule has 0 aliphatic carbocycles. The molecule has 0 aliphatic rings. The Balaban J connectivity index is 1.75. The quantitative estimate of drug-likeness (QED) is 0.548. The summed E-state index contributed by atoms with van der Waals surface area (Å²) in [6, 6.07) is 12.9. The van der Waals surface area contributed by atoms with Crippen LogP contribution in [0.1, 0.15) is 40.0 Å². The van der Waals surface area contributed by atoms with Gasteiger partial charge in [0.25, 0.3) is 5.91 Å². The lowest BCUT2D eigenvalue weighted by Crippen LogP contribution is -2.25. The van der Waals surface area contributed by atoms with Crippen molar-refractivity contribution in [3.63, 3.8) is 0 Å². The molecule has 1 N–H and O–H groups in total. The number of carbonyl (C=O) groups is 1. The Labute approximate surface area is 173 Å². The van der Waals surface area contributed by atoms with Gasteiger partial charge in [0, 0.05) is 30.6 Å². The van der Waals surface area contributed by atoms with Crippen molar-refractivity contribution in [2.75, 3.05) is 6.54 Å². The van der Waals surface area contributed by atoms with Gasteiger partial charge in [-0.15, -0.1) is 11.3 Å². The van der Waals surface area contributed by atoms with Crippen LogP contribution < -0.4 is 5.32 Å². The average Bonchev–Trinajstić information content (AvgIpc) is 3.18. The van der Waals surface area contributed by atoms with E-state index in [0.29, 0.717) is 37.4 Å². The number of aromatic nitrogens is 1. The third-order valence-corrected chi connectivity index (χ3v) is 5.18. The zero-order valence-corrected chi connectivity index (χ0v) is 17.0. The van der Waals surface area contributed by atoms with Crippen molar-refractivity contribution in [3.8, 4) is 0 Å². The predicted molar refractivity (Wildman–Crippen MR) is 110 cm³/mol. The highest BCUT2D eigenvalue weighted by molar-refractivity contribution is 7.09. The molecule has 0 aliphatic heterocycles. The molecular weight excluding hydrogens is 392 g/mol. The number of hydrogen-bond acceptors (Lipinski definition) is 4. The molecule has 2 aromatic carbocycles. The van der Waals surface area contributed by atoms with Crippen molar-refractivity contribution >= 4 is 17.2 Å². The molecule has 0 saturated heterocycles. The maximum absolute atomic E-state index is 14.2. The summed E-state index contributed by atoms with van der Waals surface area (Å²) in [6.45, 7) is 3.93. The molecule has 1 amide bonds. The van der Waals surface area contributed by atoms with Crippen LogP contribution in [0, 0.1) is 11.6 Å². The van der Waals surface area contributed by atoms with Gasteiger partial charge in [-0.05, 0) is 30.2 Å². The van der Waals surface area contributed by atoms with Crippen LogP contribution in [0.4, 0.5) is 8.78 Å². The number of carbonyl (C=O) groups excluding carboxylic acids is 1. The molecule has 152 valence electrons. The van der Waals surface area contributed by atoms with Gasteiger partial charge in [0.1, 0.15) is 22.3 Å². The maximum atomic E-state index is 14.2. The normalized spacial score (nSPS) is 11.0. The van der Waals surface area contributed by atoms with Gasteiger partial charge in [-0.25, -0.2) is 13.8 Å². The van der Waals surface area contributed by atoms with Gasteiger partial charge in [0.15, 0.2) is 0 Å². The summed E-state index contributed by atoms with van der Waals surface area (Å²) in [5.41, 5.74) is 1.89. The molecular formula is C22H23F2N3OS. The minimum absolute atomic E-state index is 0.187. The van der Waals surface area contributed by atoms with E-state index in [9.17, 15) is 13.6 Å². The molecule has 0 radical (unpaired) electrons. The van der Waals surface area contributed by atoms with Gasteiger partial charge >= 0.3 is 0 Å². The summed E-state index contributed by atoms with van der Waals surface area (Å²) in [6.07, 6.45) is 0.858. The second-order valence-electron chi connectivity index (χ2n) is 6.75. The van der Waals surface area contributed by atoms with Gasteiger partial charge in [0.05, 0.1) is 6.54 Å². The van der Waals surface area contributed by atoms with Crippen molar-refractivity contribution in [2.24, 2.45) is 0 Å². The lowest BCUT2D eigenvalue weighted by molar-refractivity contribution is 0.0949. The molecule has 0 bridgehead atoms. The fraction of sp³-hybridized carbons (Fsp3) is 0.273. The first-order valence-corrected chi connectivity index (χ1v) is 10.4. The van der Waals surface area contributed by atoms with Crippen LogP contribution in [-0.4, -0.2) is 22.3 Å². The Morgan fingerprint density at radius 1 is 1.07 bits per heavy atom. The van der Waals surface area contributed by atoms with E-state index >= 15 is 0 Å². The van der Waals surface area contributed by atoms with Crippen LogP contribution in [0.2, 0.25) is 0 Å². The summed E-state index contributed by atoms with van der Waals surface area (Å²) in [5.74, 6) is -0.749. The highest BCUT2D eigenvalue weighted by Crippen LogP contribution is 2.19. The minimum Gasteiger partial charge on any atom is -0.351 e. The van der Waals surface area contributed by atoms with E-state index in [1.165, 1.54) is 29.5 Å². The Morgan fingerprint density at radius 2 is 1.83 bits per heavy atom. The first-order valence-electron chi connectivity index (χ1n) is 9.48. The summed E-state index contributed by atoms with van der Waals surface area (Å²) in [7, 11) is 0. The summed E-state index contributed by atoms with van der Waals surface area (Å²) in [4.78, 5) is 18.6. The molecule has 3 rings (SSSR count). The molecule has 0 atom stereocenters. The summed E-state index contributed by atoms with van der Waals surface area (Å²) >= 11 is 1.40. The van der Waals surface area contributed by atoms with Crippen LogP contribution >= 0.6 is 11.3 Å². The van der Waals surface area contributed by atoms with Gasteiger partial charge < -0.3 is 5.32 Å². The Hall–Kier alpha value is -2.64. The van der Waals surface area contributed by atoms with Crippen LogP contribution in [0.15, 0.2) is 53.9 Å². The number of thiazole rings is 1. The lowest BCUT2D eigenvalue weighted by atomic mass is 10.1. The summed E-state index contributed by atoms with van der Waals surface area (Å²) < 4.78 is 27.4. The monoisotopic (exact) mass is 415 g/mol. The maximum Gasteiger partial charge on any atom is 0.270 e. The first kappa shape index (κ1) is 21.1. The highest BCUT2D eigenvalue weighted by atomic mass is 32.1. The second kappa shape index (κ2) is 10.2. The van der Waals surface area contributed by atoms with Crippen molar-refractivity contribution in [1.82, 2.24) is 15.2 Å². The molecule has 29 heavy (non-hydrogen) atoms. The van der Waals surface area contributed by atoms with E-state index in [1.807, 2.05) is 11.8 Å². The largest absolute Gasteiger partial charge is 0.351 e. The Kier molecular flexibility index (Phi) is 7.43. The zero-order chi connectivity index (χ0) is 20.6. The number of rotatable bonds is 9. The highest BCUT2D eigenvalue weighted by Gasteiger charge is 2.15. The molecule has 4 nitrogen and oxygen atoms in total. The standard InChI is InChI=1S/C22H23F2N3OS/c1-2-11-25-22(28)20-15-29-21(26-20)14-27(12-16-7-9-18(23)10-8-16)13-17-5-3-4-6-19(17)24/h3-10,15H,2,11-14H2,1H3,(H,25,28). The molecule has 0 spiro atoms. The van der Waals surface area contributed by atoms with E-state index < -0.39 is 0 Å². The third kappa shape index (κ3) is 6.17. The Morgan fingerprint density at radius 3 is 2.55 bits per heavy atom. The predicted octanol–water partition coefficient (Wildman–Crippen LogP) is 4.76. The topological polar surface area (TPSA) is 45.2 Å². The van der Waals surface area contributed by atoms with Crippen molar-refractivity contribution in [1.29, 1.82) is 0 Å². The van der Waals surface area contributed by atoms with E-state index in [0.717, 1.165) is 17.0 Å². The zero-order valence-electron chi connectivity index (χ0n) is 16.2. The van der Waals surface area contributed by atoms with Crippen LogP contribution in [0.5, 0.6) is 0 Å². The first-order chi connectivity index (χ1) is 14.0. The smallest absolute Gasteiger partial charge is 0.270 e. The molecule has 7 heteroatoms. The van der Waals surface area contributed by atoms with Gasteiger partial charge in [0.2, 0.25) is 0 Å². The number of halogens is 2. The number of hydrogen-bond donors (Lipinski definition) is 1. The van der Waals surface area contributed by atoms with Gasteiger partial charge in [-0.1, -0.05) is 37.3 Å². The summed E-state index contributed by atoms with van der Waals surface area (Å²) in [5, 5.41) is 5.32. The number of amides is 1. The Bertz CT molecular complexity index is 943. The van der Waals surface area contributed by atoms with Crippen molar-refractivity contribution in [3.05, 3.63) is 87.4 Å². The molecule has 1 heterocycles. The van der Waals surface area contributed by atoms with Crippen LogP contribution in [0.25, 0.3) is 0 Å². The lowest BCUT2D eigenvalue weighted by Gasteiger charge is -2.22. The molecule has 0 fully saturated rings. The van der Waals surface area contributed by atoms with Crippen molar-refractivity contribution < 1.29 is 13.6 Å². The number of nitrogens with one attached hydrogen (secondary N) is 1. The fourth-order valence-electron chi connectivity index (χ4n) is 2.89. The van der Waals surface area contributed by atoms with Gasteiger partial charge in [-0.3, -0.25) is 9.69 Å². The fourth-order valence-corrected chi connectivity index (χ4v) is 3.71. The van der Waals surface area contributed by atoms with E-state index in [1.54, 1.807) is 35.7 Å². The van der Waals surface area contributed by atoms with Crippen LogP contribution in [0.3, 0.4) is 0 Å².